The fourth-order valence-corrected chi connectivity index (χ4v) is 3.90. The lowest BCUT2D eigenvalue weighted by Crippen LogP contribution is -2.52. The van der Waals surface area contributed by atoms with E-state index in [-0.39, 0.29) is 0 Å². The van der Waals surface area contributed by atoms with Crippen LogP contribution < -0.4 is 11.1 Å². The number of amides is 2. The maximum Gasteiger partial charge on any atom is 0.252 e. The van der Waals surface area contributed by atoms with Crippen molar-refractivity contribution in [3.05, 3.63) is 16.0 Å². The minimum Gasteiger partial charge on any atom is -0.365 e. The second-order valence-electron chi connectivity index (χ2n) is 5.54. The zero-order valence-electron chi connectivity index (χ0n) is 11.5. The highest BCUT2D eigenvalue weighted by Crippen LogP contribution is 2.38. The molecule has 0 radical (unpaired) electrons. The van der Waals surface area contributed by atoms with E-state index in [9.17, 15) is 9.59 Å². The van der Waals surface area contributed by atoms with E-state index in [2.05, 4.69) is 26.2 Å². The molecule has 0 aromatic carbocycles. The monoisotopic (exact) mass is 282 g/mol. The fraction of sp³-hybridized carbons (Fsp3) is 0.538. The van der Waals surface area contributed by atoms with Crippen LogP contribution in [0.1, 0.15) is 34.6 Å². The molecule has 0 saturated carbocycles. The summed E-state index contributed by atoms with van der Waals surface area (Å²) in [5, 5.41) is 3.19. The molecule has 1 aliphatic heterocycles. The van der Waals surface area contributed by atoms with Crippen LogP contribution in [-0.4, -0.2) is 36.4 Å². The number of likely N-dealkylation sites (N-methyl/N-ethyl adjacent to an activating group) is 1. The molecule has 1 aromatic rings. The van der Waals surface area contributed by atoms with Crippen molar-refractivity contribution in [3.8, 4) is 0 Å². The molecule has 104 valence electrons. The van der Waals surface area contributed by atoms with Gasteiger partial charge >= 0.3 is 0 Å². The highest BCUT2D eigenvalue weighted by atomic mass is 32.1. The van der Waals surface area contributed by atoms with Crippen molar-refractivity contribution in [2.75, 3.05) is 18.9 Å². The lowest BCUT2D eigenvalue weighted by Gasteiger charge is -2.41. The van der Waals surface area contributed by atoms with Gasteiger partial charge in [-0.05, 0) is 19.4 Å². The number of carbonyl (C=O) groups excluding carboxylic acids is 2. The predicted octanol–water partition coefficient (Wildman–Crippen LogP) is 1.33. The fourth-order valence-electron chi connectivity index (χ4n) is 2.54. The summed E-state index contributed by atoms with van der Waals surface area (Å²) in [6, 6.07) is 0.523. The van der Waals surface area contributed by atoms with E-state index in [1.54, 1.807) is 0 Å². The largest absolute Gasteiger partial charge is 0.365 e. The van der Waals surface area contributed by atoms with Gasteiger partial charge in [0.15, 0.2) is 0 Å². The minimum absolute atomic E-state index is 0.456. The zero-order chi connectivity index (χ0) is 14.2. The lowest BCUT2D eigenvalue weighted by atomic mass is 9.99. The number of anilines is 1. The SMILES string of the molecule is CC(C)[N+]1(C)CCc2c(sc(NC=O)c2C(N)=O)C1. The quantitative estimate of drug-likeness (QED) is 0.646. The summed E-state index contributed by atoms with van der Waals surface area (Å²) in [6.07, 6.45) is 1.43. The van der Waals surface area contributed by atoms with Crippen molar-refractivity contribution in [2.45, 2.75) is 32.9 Å². The number of hydrogen-bond donors (Lipinski definition) is 2. The third kappa shape index (κ3) is 2.37. The van der Waals surface area contributed by atoms with Crippen LogP contribution in [0.3, 0.4) is 0 Å². The second-order valence-corrected chi connectivity index (χ2v) is 6.64. The number of quaternary nitrogens is 1. The first-order valence-electron chi connectivity index (χ1n) is 6.38. The summed E-state index contributed by atoms with van der Waals surface area (Å²) in [4.78, 5) is 23.4. The van der Waals surface area contributed by atoms with Gasteiger partial charge in [0.25, 0.3) is 5.91 Å². The van der Waals surface area contributed by atoms with Gasteiger partial charge < -0.3 is 15.5 Å². The Balaban J connectivity index is 2.44. The first-order chi connectivity index (χ1) is 8.89. The van der Waals surface area contributed by atoms with Gasteiger partial charge in [0.1, 0.15) is 11.5 Å². The molecule has 0 saturated heterocycles. The van der Waals surface area contributed by atoms with Crippen LogP contribution in [0.4, 0.5) is 5.00 Å². The number of rotatable bonds is 4. The van der Waals surface area contributed by atoms with Crippen LogP contribution in [-0.2, 0) is 17.8 Å². The number of thiophene rings is 1. The number of fused-ring (bicyclic) bond motifs is 1. The van der Waals surface area contributed by atoms with Crippen molar-refractivity contribution in [2.24, 2.45) is 5.73 Å². The minimum atomic E-state index is -0.456. The van der Waals surface area contributed by atoms with Crippen molar-refractivity contribution >= 4 is 28.7 Å². The summed E-state index contributed by atoms with van der Waals surface area (Å²) >= 11 is 1.48. The molecule has 1 aromatic heterocycles. The van der Waals surface area contributed by atoms with Gasteiger partial charge in [-0.2, -0.15) is 0 Å². The molecule has 0 bridgehead atoms. The Morgan fingerprint density at radius 1 is 1.53 bits per heavy atom. The molecule has 1 aliphatic rings. The molecule has 1 unspecified atom stereocenters. The van der Waals surface area contributed by atoms with E-state index in [4.69, 9.17) is 5.73 Å². The number of primary amides is 1. The molecule has 0 aliphatic carbocycles. The van der Waals surface area contributed by atoms with E-state index in [0.29, 0.717) is 23.0 Å². The number of nitrogens with zero attached hydrogens (tertiary/aromatic N) is 1. The number of nitrogens with two attached hydrogens (primary N) is 1. The summed E-state index contributed by atoms with van der Waals surface area (Å²) in [7, 11) is 2.23. The molecule has 0 fully saturated rings. The molecular weight excluding hydrogens is 262 g/mol. The molecule has 2 rings (SSSR count). The first-order valence-corrected chi connectivity index (χ1v) is 7.19. The molecule has 3 N–H and O–H groups in total. The van der Waals surface area contributed by atoms with Crippen molar-refractivity contribution < 1.29 is 14.1 Å². The molecular formula is C13H20N3O2S+. The van der Waals surface area contributed by atoms with Crippen LogP contribution in [0, 0.1) is 0 Å². The van der Waals surface area contributed by atoms with Gasteiger partial charge in [-0.1, -0.05) is 0 Å². The Hall–Kier alpha value is -1.40. The van der Waals surface area contributed by atoms with Gasteiger partial charge in [-0.25, -0.2) is 0 Å². The number of carbonyl (C=O) groups is 2. The summed E-state index contributed by atoms with van der Waals surface area (Å²) in [5.74, 6) is -0.456. The number of hydrogen-bond acceptors (Lipinski definition) is 3. The Bertz CT molecular complexity index is 524. The molecule has 2 heterocycles. The topological polar surface area (TPSA) is 72.2 Å². The van der Waals surface area contributed by atoms with Crippen molar-refractivity contribution in [1.29, 1.82) is 0 Å². The molecule has 19 heavy (non-hydrogen) atoms. The van der Waals surface area contributed by atoms with Crippen LogP contribution in [0.25, 0.3) is 0 Å². The third-order valence-electron chi connectivity index (χ3n) is 4.15. The normalized spacial score (nSPS) is 22.1. The molecule has 5 nitrogen and oxygen atoms in total. The predicted molar refractivity (Wildman–Crippen MR) is 76.1 cm³/mol. The molecule has 0 spiro atoms. The Kier molecular flexibility index (Phi) is 3.64. The van der Waals surface area contributed by atoms with E-state index >= 15 is 0 Å². The Morgan fingerprint density at radius 2 is 2.21 bits per heavy atom. The van der Waals surface area contributed by atoms with Crippen molar-refractivity contribution in [3.63, 3.8) is 0 Å². The van der Waals surface area contributed by atoms with Crippen LogP contribution in [0.15, 0.2) is 0 Å². The lowest BCUT2D eigenvalue weighted by molar-refractivity contribution is -0.943. The van der Waals surface area contributed by atoms with Gasteiger partial charge in [-0.15, -0.1) is 11.3 Å². The third-order valence-corrected chi connectivity index (χ3v) is 5.30. The Labute approximate surface area is 117 Å². The van der Waals surface area contributed by atoms with Crippen molar-refractivity contribution in [1.82, 2.24) is 0 Å². The van der Waals surface area contributed by atoms with Gasteiger partial charge in [0.2, 0.25) is 6.41 Å². The van der Waals surface area contributed by atoms with Crippen LogP contribution in [0.2, 0.25) is 0 Å². The van der Waals surface area contributed by atoms with Gasteiger partial charge in [-0.3, -0.25) is 9.59 Å². The van der Waals surface area contributed by atoms with Crippen LogP contribution >= 0.6 is 11.3 Å². The highest BCUT2D eigenvalue weighted by Gasteiger charge is 2.35. The maximum absolute atomic E-state index is 11.6. The zero-order valence-corrected chi connectivity index (χ0v) is 12.3. The summed E-state index contributed by atoms with van der Waals surface area (Å²) in [6.45, 7) is 6.29. The van der Waals surface area contributed by atoms with E-state index in [1.807, 2.05) is 0 Å². The van der Waals surface area contributed by atoms with Gasteiger partial charge in [0.05, 0.1) is 30.1 Å². The second kappa shape index (κ2) is 4.94. The number of nitrogens with one attached hydrogen (secondary N) is 1. The van der Waals surface area contributed by atoms with E-state index in [0.717, 1.165) is 29.6 Å². The molecule has 6 heteroatoms. The van der Waals surface area contributed by atoms with E-state index in [1.165, 1.54) is 16.2 Å². The Morgan fingerprint density at radius 3 is 2.74 bits per heavy atom. The van der Waals surface area contributed by atoms with E-state index < -0.39 is 5.91 Å². The standard InChI is InChI=1S/C13H19N3O2S/c1-8(2)16(3)5-4-9-10(6-16)19-13(15-7-17)11(9)12(14)18/h7-8H,4-6H2,1-3H3,(H2-,14,15,17,18)/p+1. The molecule has 2 amide bonds. The van der Waals surface area contributed by atoms with Gasteiger partial charge in [0, 0.05) is 6.42 Å². The smallest absolute Gasteiger partial charge is 0.252 e. The average Bonchev–Trinajstić information content (AvgIpc) is 2.66. The summed E-state index contributed by atoms with van der Waals surface area (Å²) < 4.78 is 0.951. The molecule has 1 atom stereocenters. The maximum atomic E-state index is 11.6. The average molecular weight is 282 g/mol. The highest BCUT2D eigenvalue weighted by molar-refractivity contribution is 7.16. The first kappa shape index (κ1) is 14.0. The van der Waals surface area contributed by atoms with Crippen LogP contribution in [0.5, 0.6) is 0 Å². The summed E-state index contributed by atoms with van der Waals surface area (Å²) in [5.41, 5.74) is 6.98.